The zero-order chi connectivity index (χ0) is 20.0. The van der Waals surface area contributed by atoms with Crippen LogP contribution in [0.3, 0.4) is 0 Å². The molecule has 2 nitrogen and oxygen atoms in total. The van der Waals surface area contributed by atoms with Crippen LogP contribution < -0.4 is 5.32 Å². The first-order valence-electron chi connectivity index (χ1n) is 9.34. The van der Waals surface area contributed by atoms with Gasteiger partial charge in [-0.15, -0.1) is 0 Å². The Labute approximate surface area is 173 Å². The molecule has 0 unspecified atom stereocenters. The number of amides is 1. The van der Waals surface area contributed by atoms with Crippen molar-refractivity contribution in [2.24, 2.45) is 5.41 Å². The molecule has 1 fully saturated rings. The van der Waals surface area contributed by atoms with Crippen molar-refractivity contribution in [1.82, 2.24) is 5.32 Å². The van der Waals surface area contributed by atoms with Gasteiger partial charge in [0.1, 0.15) is 4.32 Å². The van der Waals surface area contributed by atoms with Crippen LogP contribution in [0.5, 0.6) is 0 Å². The highest BCUT2D eigenvalue weighted by molar-refractivity contribution is 8.26. The lowest BCUT2D eigenvalue weighted by Gasteiger charge is -2.32. The number of thioether (sulfide) groups is 1. The van der Waals surface area contributed by atoms with Crippen LogP contribution in [0.15, 0.2) is 69.7 Å². The SMILES string of the molecule is CC1=C(/C=C/C(C)=C/C=C/C(C)=C/C=C2\SC(=S)NC2=O)C(C)(C)CCC1. The van der Waals surface area contributed by atoms with Crippen molar-refractivity contribution in [2.75, 3.05) is 0 Å². The summed E-state index contributed by atoms with van der Waals surface area (Å²) in [5, 5.41) is 2.62. The Morgan fingerprint density at radius 1 is 1.19 bits per heavy atom. The van der Waals surface area contributed by atoms with Gasteiger partial charge in [-0.25, -0.2) is 0 Å². The van der Waals surface area contributed by atoms with Gasteiger partial charge in [-0.2, -0.15) is 0 Å². The van der Waals surface area contributed by atoms with Gasteiger partial charge in [0, 0.05) is 0 Å². The number of thiocarbonyl (C=S) groups is 1. The van der Waals surface area contributed by atoms with E-state index in [4.69, 9.17) is 12.2 Å². The Hall–Kier alpha value is -1.65. The number of carbonyl (C=O) groups is 1. The van der Waals surface area contributed by atoms with Crippen LogP contribution >= 0.6 is 24.0 Å². The molecule has 0 saturated carbocycles. The molecule has 144 valence electrons. The number of carbonyl (C=O) groups excluding carboxylic acids is 1. The summed E-state index contributed by atoms with van der Waals surface area (Å²) in [5.74, 6) is -0.117. The van der Waals surface area contributed by atoms with Crippen LogP contribution in [0, 0.1) is 5.41 Å². The van der Waals surface area contributed by atoms with Crippen LogP contribution in [0.25, 0.3) is 0 Å². The molecule has 1 aliphatic carbocycles. The van der Waals surface area contributed by atoms with Crippen LogP contribution in [-0.4, -0.2) is 10.2 Å². The van der Waals surface area contributed by atoms with Crippen LogP contribution in [0.2, 0.25) is 0 Å². The molecule has 1 N–H and O–H groups in total. The smallest absolute Gasteiger partial charge is 0.263 e. The molecule has 1 amide bonds. The zero-order valence-electron chi connectivity index (χ0n) is 16.9. The third kappa shape index (κ3) is 6.47. The van der Waals surface area contributed by atoms with E-state index in [1.807, 2.05) is 31.2 Å². The largest absolute Gasteiger partial charge is 0.307 e. The first-order valence-corrected chi connectivity index (χ1v) is 10.6. The summed E-state index contributed by atoms with van der Waals surface area (Å²) >= 11 is 6.29. The Kier molecular flexibility index (Phi) is 7.63. The maximum atomic E-state index is 11.6. The molecule has 1 aliphatic heterocycles. The minimum atomic E-state index is -0.117. The topological polar surface area (TPSA) is 29.1 Å². The fourth-order valence-corrected chi connectivity index (χ4v) is 4.32. The van der Waals surface area contributed by atoms with Gasteiger partial charge in [-0.1, -0.05) is 91.0 Å². The van der Waals surface area contributed by atoms with Crippen molar-refractivity contribution >= 4 is 34.2 Å². The maximum absolute atomic E-state index is 11.6. The van der Waals surface area contributed by atoms with E-state index in [9.17, 15) is 4.79 Å². The second kappa shape index (κ2) is 9.52. The molecule has 1 saturated heterocycles. The summed E-state index contributed by atoms with van der Waals surface area (Å²) in [6.45, 7) is 11.1. The van der Waals surface area contributed by atoms with Gasteiger partial charge in [-0.05, 0) is 57.1 Å². The molecule has 2 rings (SSSR count). The maximum Gasteiger partial charge on any atom is 0.263 e. The number of hydrogen-bond donors (Lipinski definition) is 1. The number of allylic oxidation sites excluding steroid dienone is 11. The zero-order valence-corrected chi connectivity index (χ0v) is 18.5. The summed E-state index contributed by atoms with van der Waals surface area (Å²) < 4.78 is 0.518. The minimum Gasteiger partial charge on any atom is -0.307 e. The number of rotatable bonds is 5. The Balaban J connectivity index is 2.00. The molecular weight excluding hydrogens is 370 g/mol. The van der Waals surface area contributed by atoms with Crippen molar-refractivity contribution in [3.05, 3.63) is 69.7 Å². The molecule has 4 heteroatoms. The second-order valence-electron chi connectivity index (χ2n) is 7.82. The monoisotopic (exact) mass is 399 g/mol. The lowest BCUT2D eigenvalue weighted by atomic mass is 9.72. The molecule has 0 radical (unpaired) electrons. The van der Waals surface area contributed by atoms with Gasteiger partial charge in [0.15, 0.2) is 0 Å². The molecule has 27 heavy (non-hydrogen) atoms. The number of hydrogen-bond acceptors (Lipinski definition) is 3. The van der Waals surface area contributed by atoms with Gasteiger partial charge in [0.05, 0.1) is 4.91 Å². The number of nitrogens with one attached hydrogen (secondary N) is 1. The van der Waals surface area contributed by atoms with Crippen molar-refractivity contribution < 1.29 is 4.79 Å². The van der Waals surface area contributed by atoms with Crippen molar-refractivity contribution in [3.8, 4) is 0 Å². The van der Waals surface area contributed by atoms with E-state index in [2.05, 4.69) is 51.2 Å². The van der Waals surface area contributed by atoms with E-state index >= 15 is 0 Å². The Morgan fingerprint density at radius 2 is 1.89 bits per heavy atom. The van der Waals surface area contributed by atoms with Gasteiger partial charge < -0.3 is 5.32 Å². The lowest BCUT2D eigenvalue weighted by molar-refractivity contribution is -0.115. The van der Waals surface area contributed by atoms with Crippen molar-refractivity contribution in [1.29, 1.82) is 0 Å². The van der Waals surface area contributed by atoms with E-state index in [0.717, 1.165) is 5.57 Å². The standard InChI is InChI=1S/C23H29NOS2/c1-16(11-13-19-18(3)10-7-15-23(19,4)5)8-6-9-17(2)12-14-20-21(25)24-22(26)27-20/h6,8-9,11-14H,7,10,15H2,1-5H3,(H,24,25,26)/b9-6+,13-11+,16-8+,17-12+,20-14-. The fraction of sp³-hybridized carbons (Fsp3) is 0.391. The summed E-state index contributed by atoms with van der Waals surface area (Å²) in [5.41, 5.74) is 5.57. The molecule has 2 aliphatic rings. The summed E-state index contributed by atoms with van der Waals surface area (Å²) in [4.78, 5) is 12.3. The average molecular weight is 400 g/mol. The van der Waals surface area contributed by atoms with E-state index < -0.39 is 0 Å². The first-order chi connectivity index (χ1) is 12.7. The minimum absolute atomic E-state index is 0.117. The molecule has 0 spiro atoms. The molecule has 0 bridgehead atoms. The normalized spacial score (nSPS) is 23.2. The summed E-state index contributed by atoms with van der Waals surface area (Å²) in [6, 6.07) is 0. The predicted octanol–water partition coefficient (Wildman–Crippen LogP) is 6.55. The highest BCUT2D eigenvalue weighted by Crippen LogP contribution is 2.40. The van der Waals surface area contributed by atoms with Crippen LogP contribution in [0.4, 0.5) is 0 Å². The van der Waals surface area contributed by atoms with Crippen molar-refractivity contribution in [2.45, 2.75) is 53.9 Å². The molecule has 0 atom stereocenters. The Morgan fingerprint density at radius 3 is 2.52 bits per heavy atom. The first kappa shape index (κ1) is 21.6. The van der Waals surface area contributed by atoms with Crippen LogP contribution in [-0.2, 0) is 4.79 Å². The average Bonchev–Trinajstić information content (AvgIpc) is 2.89. The van der Waals surface area contributed by atoms with Gasteiger partial charge in [0.2, 0.25) is 0 Å². The Bertz CT molecular complexity index is 804. The molecule has 0 aromatic carbocycles. The molecule has 1 heterocycles. The highest BCUT2D eigenvalue weighted by atomic mass is 32.2. The highest BCUT2D eigenvalue weighted by Gasteiger charge is 2.26. The van der Waals surface area contributed by atoms with Crippen LogP contribution in [0.1, 0.15) is 53.9 Å². The van der Waals surface area contributed by atoms with E-state index in [1.54, 1.807) is 0 Å². The van der Waals surface area contributed by atoms with Gasteiger partial charge >= 0.3 is 0 Å². The fourth-order valence-electron chi connectivity index (χ4n) is 3.33. The van der Waals surface area contributed by atoms with Crippen molar-refractivity contribution in [3.63, 3.8) is 0 Å². The quantitative estimate of drug-likeness (QED) is 0.323. The second-order valence-corrected chi connectivity index (χ2v) is 9.54. The summed E-state index contributed by atoms with van der Waals surface area (Å²) in [7, 11) is 0. The van der Waals surface area contributed by atoms with E-state index in [-0.39, 0.29) is 11.3 Å². The molecular formula is C23H29NOS2. The third-order valence-electron chi connectivity index (χ3n) is 4.91. The van der Waals surface area contributed by atoms with E-state index in [1.165, 1.54) is 47.7 Å². The summed E-state index contributed by atoms with van der Waals surface area (Å²) in [6.07, 6.45) is 18.2. The van der Waals surface area contributed by atoms with Gasteiger partial charge in [-0.3, -0.25) is 4.79 Å². The molecule has 0 aromatic heterocycles. The predicted molar refractivity (Wildman–Crippen MR) is 123 cm³/mol. The van der Waals surface area contributed by atoms with Gasteiger partial charge in [0.25, 0.3) is 5.91 Å². The molecule has 0 aromatic rings. The third-order valence-corrected chi connectivity index (χ3v) is 6.09. The lowest BCUT2D eigenvalue weighted by Crippen LogP contribution is -2.19. The van der Waals surface area contributed by atoms with E-state index in [0.29, 0.717) is 9.23 Å².